The summed E-state index contributed by atoms with van der Waals surface area (Å²) in [6.07, 6.45) is 51.7. The maximum Gasteiger partial charge on any atom is 0.243 e. The van der Waals surface area contributed by atoms with Crippen LogP contribution < -0.4 is 0 Å². The summed E-state index contributed by atoms with van der Waals surface area (Å²) in [5, 5.41) is 6.70. The summed E-state index contributed by atoms with van der Waals surface area (Å²) in [4.78, 5) is 12.4. The third-order valence-electron chi connectivity index (χ3n) is 15.5. The first-order valence-electron chi connectivity index (χ1n) is 23.1. The number of rotatable bonds is 8. The van der Waals surface area contributed by atoms with E-state index in [0.29, 0.717) is 11.8 Å². The zero-order valence-electron chi connectivity index (χ0n) is 32.4. The van der Waals surface area contributed by atoms with Crippen LogP contribution in [0.2, 0.25) is 0 Å². The quantitative estimate of drug-likeness (QED) is 0.252. The molecule has 280 valence electrons. The summed E-state index contributed by atoms with van der Waals surface area (Å²) >= 11 is 0. The van der Waals surface area contributed by atoms with Gasteiger partial charge in [0.15, 0.2) is 0 Å². The Hall–Kier alpha value is -0.860. The third kappa shape index (κ3) is 12.1. The lowest BCUT2D eigenvalue weighted by molar-refractivity contribution is -0.132. The molecule has 8 aliphatic rings. The van der Waals surface area contributed by atoms with Crippen molar-refractivity contribution in [2.75, 3.05) is 6.54 Å². The minimum Gasteiger partial charge on any atom is -0.273 e. The van der Waals surface area contributed by atoms with Gasteiger partial charge < -0.3 is 0 Å². The fourth-order valence-electron chi connectivity index (χ4n) is 12.2. The van der Waals surface area contributed by atoms with Crippen LogP contribution in [0.5, 0.6) is 0 Å². The lowest BCUT2D eigenvalue weighted by Gasteiger charge is -2.32. The van der Waals surface area contributed by atoms with Crippen molar-refractivity contribution in [2.24, 2.45) is 46.0 Å². The van der Waals surface area contributed by atoms with Gasteiger partial charge in [-0.25, -0.2) is 5.01 Å². The molecule has 49 heavy (non-hydrogen) atoms. The number of hydrogen-bond acceptors (Lipinski definition) is 2. The summed E-state index contributed by atoms with van der Waals surface area (Å²) in [6.45, 7) is 0.878. The molecule has 3 nitrogen and oxygen atoms in total. The second kappa shape index (κ2) is 20.4. The Kier molecular flexibility index (Phi) is 15.8. The SMILES string of the molecule is C1CCC(C2CCCCC2)CC1.C1CCC(C2CCCCC2)CC1.O=C1CCC(CC2CCCCC2)=NN1CCC1(C2CCCCC2)CC1. The van der Waals surface area contributed by atoms with E-state index in [2.05, 4.69) is 0 Å². The van der Waals surface area contributed by atoms with Gasteiger partial charge in [0, 0.05) is 18.7 Å². The first-order valence-corrected chi connectivity index (χ1v) is 23.1. The van der Waals surface area contributed by atoms with Crippen molar-refractivity contribution >= 4 is 11.6 Å². The molecule has 7 saturated carbocycles. The molecule has 3 heteroatoms. The minimum absolute atomic E-state index is 0.270. The van der Waals surface area contributed by atoms with Crippen molar-refractivity contribution in [3.63, 3.8) is 0 Å². The monoisotopic (exact) mass is 677 g/mol. The number of nitrogens with zero attached hydrogens (tertiary/aromatic N) is 2. The van der Waals surface area contributed by atoms with Crippen molar-refractivity contribution in [2.45, 2.75) is 231 Å². The van der Waals surface area contributed by atoms with Gasteiger partial charge in [0.25, 0.3) is 0 Å². The van der Waals surface area contributed by atoms with Crippen LogP contribution in [0.1, 0.15) is 231 Å². The van der Waals surface area contributed by atoms with E-state index >= 15 is 0 Å². The van der Waals surface area contributed by atoms with Gasteiger partial charge in [-0.2, -0.15) is 5.10 Å². The van der Waals surface area contributed by atoms with E-state index in [1.54, 1.807) is 51.4 Å². The normalized spacial score (nSPS) is 28.5. The molecule has 0 aromatic carbocycles. The Morgan fingerprint density at radius 2 is 0.878 bits per heavy atom. The number of carbonyl (C=O) groups excluding carboxylic acids is 1. The highest BCUT2D eigenvalue weighted by molar-refractivity contribution is 5.92. The molecule has 1 heterocycles. The van der Waals surface area contributed by atoms with Crippen molar-refractivity contribution in [3.05, 3.63) is 0 Å². The zero-order chi connectivity index (χ0) is 33.6. The molecule has 0 aromatic heterocycles. The first kappa shape index (κ1) is 37.9. The van der Waals surface area contributed by atoms with E-state index in [0.717, 1.165) is 54.9 Å². The predicted octanol–water partition coefficient (Wildman–Crippen LogP) is 14.0. The van der Waals surface area contributed by atoms with Gasteiger partial charge in [0.1, 0.15) is 0 Å². The minimum atomic E-state index is 0.270. The Morgan fingerprint density at radius 3 is 1.29 bits per heavy atom. The van der Waals surface area contributed by atoms with Crippen molar-refractivity contribution in [1.29, 1.82) is 0 Å². The molecule has 7 fully saturated rings. The van der Waals surface area contributed by atoms with E-state index in [1.807, 2.05) is 5.01 Å². The number of hydrogen-bond donors (Lipinski definition) is 0. The molecule has 0 unspecified atom stereocenters. The van der Waals surface area contributed by atoms with Gasteiger partial charge in [0.05, 0.1) is 0 Å². The molecule has 0 radical (unpaired) electrons. The van der Waals surface area contributed by atoms with Crippen molar-refractivity contribution in [1.82, 2.24) is 5.01 Å². The lowest BCUT2D eigenvalue weighted by Crippen LogP contribution is -2.35. The standard InChI is InChI=1S/C22H36N2O.2C12H22/c25-21-12-11-20(17-18-7-3-1-4-8-18)23-24(21)16-15-22(13-14-22)19-9-5-2-6-10-19;2*1-3-7-11(8-4-1)12-9-5-2-6-10-12/h18-19H,1-17H2;2*11-12H,1-10H2. The van der Waals surface area contributed by atoms with Crippen LogP contribution in [-0.2, 0) is 4.79 Å². The summed E-state index contributed by atoms with van der Waals surface area (Å²) in [5.74, 6) is 6.59. The van der Waals surface area contributed by atoms with E-state index < -0.39 is 0 Å². The molecule has 0 bridgehead atoms. The van der Waals surface area contributed by atoms with Crippen LogP contribution in [0.15, 0.2) is 5.10 Å². The third-order valence-corrected chi connectivity index (χ3v) is 15.5. The molecule has 0 saturated heterocycles. The van der Waals surface area contributed by atoms with E-state index in [9.17, 15) is 4.79 Å². The van der Waals surface area contributed by atoms with Gasteiger partial charge >= 0.3 is 0 Å². The summed E-state index contributed by atoms with van der Waals surface area (Å²) < 4.78 is 0. The molecule has 0 spiro atoms. The fourth-order valence-corrected chi connectivity index (χ4v) is 12.2. The van der Waals surface area contributed by atoms with Gasteiger partial charge in [-0.05, 0) is 85.9 Å². The number of carbonyl (C=O) groups is 1. The Morgan fingerprint density at radius 1 is 0.490 bits per heavy atom. The lowest BCUT2D eigenvalue weighted by atomic mass is 9.73. The van der Waals surface area contributed by atoms with Gasteiger partial charge in [-0.15, -0.1) is 0 Å². The highest BCUT2D eigenvalue weighted by Crippen LogP contribution is 2.58. The maximum atomic E-state index is 12.4. The second-order valence-corrected chi connectivity index (χ2v) is 18.9. The van der Waals surface area contributed by atoms with E-state index in [-0.39, 0.29) is 5.91 Å². The van der Waals surface area contributed by atoms with Gasteiger partial charge in [-0.3, -0.25) is 4.79 Å². The summed E-state index contributed by atoms with van der Waals surface area (Å²) in [7, 11) is 0. The smallest absolute Gasteiger partial charge is 0.243 e. The largest absolute Gasteiger partial charge is 0.273 e. The van der Waals surface area contributed by atoms with Crippen molar-refractivity contribution < 1.29 is 4.79 Å². The van der Waals surface area contributed by atoms with E-state index in [1.165, 1.54) is 166 Å². The average molecular weight is 677 g/mol. The number of hydrazone groups is 1. The predicted molar refractivity (Wildman–Crippen MR) is 209 cm³/mol. The molecule has 1 aliphatic heterocycles. The molecular weight excluding hydrogens is 597 g/mol. The van der Waals surface area contributed by atoms with Crippen LogP contribution in [0.4, 0.5) is 0 Å². The fraction of sp³-hybridized carbons (Fsp3) is 0.957. The van der Waals surface area contributed by atoms with Crippen LogP contribution in [0.3, 0.4) is 0 Å². The highest BCUT2D eigenvalue weighted by Gasteiger charge is 2.48. The molecule has 0 N–H and O–H groups in total. The molecule has 7 aliphatic carbocycles. The Balaban J connectivity index is 0.000000144. The van der Waals surface area contributed by atoms with Gasteiger partial charge in [0.2, 0.25) is 5.91 Å². The Bertz CT molecular complexity index is 884. The molecule has 0 aromatic rings. The van der Waals surface area contributed by atoms with Crippen LogP contribution in [-0.4, -0.2) is 23.2 Å². The summed E-state index contributed by atoms with van der Waals surface area (Å²) in [5.41, 5.74) is 1.89. The molecule has 8 rings (SSSR count). The van der Waals surface area contributed by atoms with E-state index in [4.69, 9.17) is 5.10 Å². The topological polar surface area (TPSA) is 32.7 Å². The molecular formula is C46H80N2O. The van der Waals surface area contributed by atoms with Crippen LogP contribution in [0.25, 0.3) is 0 Å². The second-order valence-electron chi connectivity index (χ2n) is 18.9. The van der Waals surface area contributed by atoms with Crippen LogP contribution in [0, 0.1) is 40.9 Å². The van der Waals surface area contributed by atoms with Crippen molar-refractivity contribution in [3.8, 4) is 0 Å². The highest BCUT2D eigenvalue weighted by atomic mass is 16.2. The first-order chi connectivity index (χ1) is 24.2. The average Bonchev–Trinajstić information content (AvgIpc) is 3.99. The number of amides is 1. The molecule has 0 atom stereocenters. The molecule has 1 amide bonds. The zero-order valence-corrected chi connectivity index (χ0v) is 32.4. The van der Waals surface area contributed by atoms with Crippen LogP contribution >= 0.6 is 0 Å². The Labute approximate surface area is 304 Å². The maximum absolute atomic E-state index is 12.4. The van der Waals surface area contributed by atoms with Gasteiger partial charge in [-0.1, -0.05) is 180 Å². The summed E-state index contributed by atoms with van der Waals surface area (Å²) in [6, 6.07) is 0.